The SMILES string of the molecule is C=CCNC(=NC)NCc1ccc(C)cc1C. The van der Waals surface area contributed by atoms with Gasteiger partial charge in [0.05, 0.1) is 0 Å². The van der Waals surface area contributed by atoms with Crippen LogP contribution in [-0.2, 0) is 6.54 Å². The number of benzene rings is 1. The van der Waals surface area contributed by atoms with Gasteiger partial charge in [-0.3, -0.25) is 4.99 Å². The maximum absolute atomic E-state index is 4.13. The van der Waals surface area contributed by atoms with Crippen molar-refractivity contribution in [3.63, 3.8) is 0 Å². The Bertz CT molecular complexity index is 408. The second-order valence-corrected chi connectivity index (χ2v) is 4.03. The fraction of sp³-hybridized carbons (Fsp3) is 0.357. The van der Waals surface area contributed by atoms with E-state index < -0.39 is 0 Å². The molecular weight excluding hydrogens is 210 g/mol. The van der Waals surface area contributed by atoms with Gasteiger partial charge in [-0.15, -0.1) is 6.58 Å². The predicted octanol–water partition coefficient (Wildman–Crippen LogP) is 2.15. The molecule has 92 valence electrons. The van der Waals surface area contributed by atoms with Gasteiger partial charge in [0.1, 0.15) is 0 Å². The van der Waals surface area contributed by atoms with E-state index in [0.717, 1.165) is 12.5 Å². The lowest BCUT2D eigenvalue weighted by Crippen LogP contribution is -2.36. The van der Waals surface area contributed by atoms with Gasteiger partial charge in [0, 0.05) is 20.1 Å². The molecule has 0 unspecified atom stereocenters. The van der Waals surface area contributed by atoms with Crippen molar-refractivity contribution >= 4 is 5.96 Å². The molecule has 0 aromatic heterocycles. The molecule has 0 spiro atoms. The van der Waals surface area contributed by atoms with Gasteiger partial charge >= 0.3 is 0 Å². The Kier molecular flexibility index (Phi) is 5.27. The van der Waals surface area contributed by atoms with Crippen LogP contribution in [0.15, 0.2) is 35.8 Å². The summed E-state index contributed by atoms with van der Waals surface area (Å²) in [5.74, 6) is 0.796. The van der Waals surface area contributed by atoms with Crippen molar-refractivity contribution in [2.75, 3.05) is 13.6 Å². The standard InChI is InChI=1S/C14H21N3/c1-5-8-16-14(15-4)17-10-13-7-6-11(2)9-12(13)3/h5-7,9H,1,8,10H2,2-4H3,(H2,15,16,17). The highest BCUT2D eigenvalue weighted by molar-refractivity contribution is 5.79. The minimum absolute atomic E-state index is 0.715. The van der Waals surface area contributed by atoms with Crippen molar-refractivity contribution in [2.45, 2.75) is 20.4 Å². The number of hydrogen-bond donors (Lipinski definition) is 2. The molecule has 0 heterocycles. The minimum Gasteiger partial charge on any atom is -0.353 e. The highest BCUT2D eigenvalue weighted by Gasteiger charge is 2.00. The molecular formula is C14H21N3. The van der Waals surface area contributed by atoms with Crippen LogP contribution < -0.4 is 10.6 Å². The summed E-state index contributed by atoms with van der Waals surface area (Å²) in [4.78, 5) is 4.13. The highest BCUT2D eigenvalue weighted by atomic mass is 15.2. The molecule has 0 saturated carbocycles. The molecule has 0 aliphatic carbocycles. The van der Waals surface area contributed by atoms with E-state index in [1.165, 1.54) is 16.7 Å². The normalized spacial score (nSPS) is 11.1. The Hall–Kier alpha value is -1.77. The highest BCUT2D eigenvalue weighted by Crippen LogP contribution is 2.09. The molecule has 1 rings (SSSR count). The van der Waals surface area contributed by atoms with E-state index in [1.807, 2.05) is 6.08 Å². The van der Waals surface area contributed by atoms with Crippen LogP contribution in [0, 0.1) is 13.8 Å². The summed E-state index contributed by atoms with van der Waals surface area (Å²) in [6, 6.07) is 6.47. The van der Waals surface area contributed by atoms with Crippen molar-refractivity contribution in [1.82, 2.24) is 10.6 Å². The van der Waals surface area contributed by atoms with Crippen LogP contribution >= 0.6 is 0 Å². The summed E-state index contributed by atoms with van der Waals surface area (Å²) < 4.78 is 0. The third-order valence-electron chi connectivity index (χ3n) is 2.58. The van der Waals surface area contributed by atoms with Crippen LogP contribution in [0.4, 0.5) is 0 Å². The zero-order valence-electron chi connectivity index (χ0n) is 10.9. The molecule has 0 saturated heterocycles. The lowest BCUT2D eigenvalue weighted by Gasteiger charge is -2.12. The fourth-order valence-electron chi connectivity index (χ4n) is 1.61. The number of aryl methyl sites for hydroxylation is 2. The van der Waals surface area contributed by atoms with Gasteiger partial charge in [-0.25, -0.2) is 0 Å². The molecule has 0 aliphatic rings. The summed E-state index contributed by atoms with van der Waals surface area (Å²) in [5, 5.41) is 6.41. The van der Waals surface area contributed by atoms with Crippen LogP contribution in [0.3, 0.4) is 0 Å². The van der Waals surface area contributed by atoms with Gasteiger partial charge in [0.25, 0.3) is 0 Å². The van der Waals surface area contributed by atoms with E-state index in [9.17, 15) is 0 Å². The van der Waals surface area contributed by atoms with Crippen molar-refractivity contribution in [3.05, 3.63) is 47.5 Å². The van der Waals surface area contributed by atoms with Crippen molar-refractivity contribution in [2.24, 2.45) is 4.99 Å². The first-order valence-corrected chi connectivity index (χ1v) is 5.79. The second kappa shape index (κ2) is 6.74. The quantitative estimate of drug-likeness (QED) is 0.473. The van der Waals surface area contributed by atoms with Crippen LogP contribution in [0.2, 0.25) is 0 Å². The summed E-state index contributed by atoms with van der Waals surface area (Å²) in [7, 11) is 1.76. The van der Waals surface area contributed by atoms with E-state index in [2.05, 4.69) is 54.3 Å². The van der Waals surface area contributed by atoms with Gasteiger partial charge in [0.2, 0.25) is 0 Å². The number of nitrogens with one attached hydrogen (secondary N) is 2. The smallest absolute Gasteiger partial charge is 0.191 e. The van der Waals surface area contributed by atoms with E-state index in [-0.39, 0.29) is 0 Å². The summed E-state index contributed by atoms with van der Waals surface area (Å²) in [6.07, 6.45) is 1.81. The Balaban J connectivity index is 2.57. The third-order valence-corrected chi connectivity index (χ3v) is 2.58. The van der Waals surface area contributed by atoms with Crippen molar-refractivity contribution in [3.8, 4) is 0 Å². The zero-order chi connectivity index (χ0) is 12.7. The van der Waals surface area contributed by atoms with Gasteiger partial charge in [0.15, 0.2) is 5.96 Å². The molecule has 1 aromatic rings. The molecule has 3 nitrogen and oxygen atoms in total. The number of nitrogens with zero attached hydrogens (tertiary/aromatic N) is 1. The maximum atomic E-state index is 4.13. The topological polar surface area (TPSA) is 36.4 Å². The summed E-state index contributed by atoms with van der Waals surface area (Å²) in [6.45, 7) is 9.39. The molecule has 0 atom stereocenters. The molecule has 17 heavy (non-hydrogen) atoms. The number of hydrogen-bond acceptors (Lipinski definition) is 1. The first-order chi connectivity index (χ1) is 8.17. The Morgan fingerprint density at radius 3 is 2.71 bits per heavy atom. The number of guanidine groups is 1. The molecule has 0 amide bonds. The molecule has 0 fully saturated rings. The van der Waals surface area contributed by atoms with E-state index >= 15 is 0 Å². The lowest BCUT2D eigenvalue weighted by atomic mass is 10.1. The van der Waals surface area contributed by atoms with E-state index in [4.69, 9.17) is 0 Å². The molecule has 1 aromatic carbocycles. The van der Waals surface area contributed by atoms with Gasteiger partial charge in [-0.05, 0) is 25.0 Å². The van der Waals surface area contributed by atoms with Crippen molar-refractivity contribution in [1.29, 1.82) is 0 Å². The predicted molar refractivity (Wildman–Crippen MR) is 74.3 cm³/mol. The van der Waals surface area contributed by atoms with Crippen LogP contribution in [0.25, 0.3) is 0 Å². The van der Waals surface area contributed by atoms with E-state index in [1.54, 1.807) is 7.05 Å². The van der Waals surface area contributed by atoms with E-state index in [0.29, 0.717) is 6.54 Å². The van der Waals surface area contributed by atoms with Gasteiger partial charge < -0.3 is 10.6 Å². The molecule has 0 aliphatic heterocycles. The molecule has 0 bridgehead atoms. The number of rotatable bonds is 4. The average molecular weight is 231 g/mol. The van der Waals surface area contributed by atoms with Gasteiger partial charge in [-0.2, -0.15) is 0 Å². The minimum atomic E-state index is 0.715. The lowest BCUT2D eigenvalue weighted by molar-refractivity contribution is 0.842. The first kappa shape index (κ1) is 13.3. The average Bonchev–Trinajstić information content (AvgIpc) is 2.31. The summed E-state index contributed by atoms with van der Waals surface area (Å²) in [5.41, 5.74) is 3.88. The third kappa shape index (κ3) is 4.31. The molecule has 0 radical (unpaired) electrons. The largest absolute Gasteiger partial charge is 0.353 e. The number of aliphatic imine (C=N–C) groups is 1. The first-order valence-electron chi connectivity index (χ1n) is 5.79. The Morgan fingerprint density at radius 1 is 1.35 bits per heavy atom. The summed E-state index contributed by atoms with van der Waals surface area (Å²) >= 11 is 0. The van der Waals surface area contributed by atoms with Crippen molar-refractivity contribution < 1.29 is 0 Å². The fourth-order valence-corrected chi connectivity index (χ4v) is 1.61. The molecule has 3 heteroatoms. The maximum Gasteiger partial charge on any atom is 0.191 e. The Labute approximate surface area is 104 Å². The second-order valence-electron chi connectivity index (χ2n) is 4.03. The van der Waals surface area contributed by atoms with Crippen LogP contribution in [-0.4, -0.2) is 19.6 Å². The van der Waals surface area contributed by atoms with Crippen LogP contribution in [0.1, 0.15) is 16.7 Å². The van der Waals surface area contributed by atoms with Gasteiger partial charge in [-0.1, -0.05) is 29.8 Å². The van der Waals surface area contributed by atoms with Crippen LogP contribution in [0.5, 0.6) is 0 Å². The monoisotopic (exact) mass is 231 g/mol. The Morgan fingerprint density at radius 2 is 2.12 bits per heavy atom. The zero-order valence-corrected chi connectivity index (χ0v) is 10.9. The molecule has 2 N–H and O–H groups in total.